The number of hydrogen-bond acceptors (Lipinski definition) is 2. The lowest BCUT2D eigenvalue weighted by molar-refractivity contribution is -0.301. The quantitative estimate of drug-likeness (QED) is 0.444. The molecule has 0 atom stereocenters. The van der Waals surface area contributed by atoms with Gasteiger partial charge in [-0.05, 0) is 22.9 Å². The minimum Gasteiger partial charge on any atom is -0.194 e. The van der Waals surface area contributed by atoms with Crippen LogP contribution in [0.3, 0.4) is 0 Å². The highest BCUT2D eigenvalue weighted by molar-refractivity contribution is 7.25. The van der Waals surface area contributed by atoms with Gasteiger partial charge in [0.2, 0.25) is 0 Å². The highest BCUT2D eigenvalue weighted by atomic mass is 32.1. The highest BCUT2D eigenvalue weighted by Gasteiger charge is 2.80. The molecule has 0 spiro atoms. The molecule has 1 aliphatic rings. The highest BCUT2D eigenvalue weighted by Crippen LogP contribution is 2.66. The van der Waals surface area contributed by atoms with Gasteiger partial charge in [-0.15, -0.1) is 22.7 Å². The van der Waals surface area contributed by atoms with Crippen LogP contribution in [0.25, 0.3) is 20.2 Å². The summed E-state index contributed by atoms with van der Waals surface area (Å²) in [4.78, 5) is 0. The van der Waals surface area contributed by atoms with Crippen molar-refractivity contribution in [1.82, 2.24) is 0 Å². The summed E-state index contributed by atoms with van der Waals surface area (Å²) < 4.78 is 84.1. The Morgan fingerprint density at radius 1 is 0.667 bits per heavy atom. The van der Waals surface area contributed by atoms with Crippen LogP contribution in [0.5, 0.6) is 0 Å². The topological polar surface area (TPSA) is 0 Å². The first-order valence-corrected chi connectivity index (χ1v) is 7.52. The van der Waals surface area contributed by atoms with E-state index in [1.165, 1.54) is 22.9 Å². The molecule has 0 unspecified atom stereocenters. The second kappa shape index (κ2) is 3.55. The molecule has 0 saturated carbocycles. The second-order valence-electron chi connectivity index (χ2n) is 4.80. The standard InChI is InChI=1S/C13H4F6S2/c14-11(15)7-5-1-3-20-9(5)10-6(2-4-21-10)8(7)12(16,17)13(11,18)19/h1-4H. The Labute approximate surface area is 121 Å². The number of hydrogen-bond donors (Lipinski definition) is 0. The summed E-state index contributed by atoms with van der Waals surface area (Å²) in [6, 6.07) is 2.40. The molecule has 2 aromatic heterocycles. The van der Waals surface area contributed by atoms with Gasteiger partial charge >= 0.3 is 17.8 Å². The van der Waals surface area contributed by atoms with Crippen molar-refractivity contribution in [3.63, 3.8) is 0 Å². The van der Waals surface area contributed by atoms with Gasteiger partial charge < -0.3 is 0 Å². The third kappa shape index (κ3) is 1.25. The second-order valence-corrected chi connectivity index (χ2v) is 6.63. The van der Waals surface area contributed by atoms with Crippen molar-refractivity contribution >= 4 is 42.8 Å². The maximum Gasteiger partial charge on any atom is 0.380 e. The molecule has 0 aliphatic heterocycles. The first-order valence-electron chi connectivity index (χ1n) is 5.76. The Morgan fingerprint density at radius 2 is 1.05 bits per heavy atom. The maximum absolute atomic E-state index is 14.0. The first kappa shape index (κ1) is 13.4. The largest absolute Gasteiger partial charge is 0.380 e. The van der Waals surface area contributed by atoms with Crippen LogP contribution in [-0.2, 0) is 11.8 Å². The summed E-state index contributed by atoms with van der Waals surface area (Å²) in [5.41, 5.74) is -2.47. The number of rotatable bonds is 0. The fourth-order valence-electron chi connectivity index (χ4n) is 2.80. The molecule has 0 fully saturated rings. The summed E-state index contributed by atoms with van der Waals surface area (Å²) in [5.74, 6) is -15.2. The molecule has 2 heterocycles. The Balaban J connectivity index is 2.34. The Bertz CT molecular complexity index is 817. The van der Waals surface area contributed by atoms with Gasteiger partial charge in [0.1, 0.15) is 0 Å². The normalized spacial score (nSPS) is 22.0. The van der Waals surface area contributed by atoms with Crippen molar-refractivity contribution in [3.05, 3.63) is 34.0 Å². The monoisotopic (exact) mass is 338 g/mol. The van der Waals surface area contributed by atoms with E-state index in [2.05, 4.69) is 0 Å². The Morgan fingerprint density at radius 3 is 1.43 bits per heavy atom. The summed E-state index contributed by atoms with van der Waals surface area (Å²) >= 11 is 2.15. The van der Waals surface area contributed by atoms with E-state index < -0.39 is 28.9 Å². The number of benzene rings is 1. The summed E-state index contributed by atoms with van der Waals surface area (Å²) in [6.45, 7) is 0. The van der Waals surface area contributed by atoms with Crippen LogP contribution in [0.4, 0.5) is 26.3 Å². The smallest absolute Gasteiger partial charge is 0.194 e. The Hall–Kier alpha value is -1.28. The zero-order chi connectivity index (χ0) is 15.2. The first-order chi connectivity index (χ1) is 9.71. The van der Waals surface area contributed by atoms with Crippen molar-refractivity contribution in [2.75, 3.05) is 0 Å². The lowest BCUT2D eigenvalue weighted by Crippen LogP contribution is -2.43. The van der Waals surface area contributed by atoms with Crippen LogP contribution in [0.15, 0.2) is 22.9 Å². The van der Waals surface area contributed by atoms with Crippen LogP contribution in [-0.4, -0.2) is 5.92 Å². The minimum atomic E-state index is -5.44. The Kier molecular flexibility index (Phi) is 2.26. The van der Waals surface area contributed by atoms with E-state index in [9.17, 15) is 26.3 Å². The van der Waals surface area contributed by atoms with Gasteiger partial charge in [0.25, 0.3) is 0 Å². The molecule has 4 rings (SSSR count). The van der Waals surface area contributed by atoms with Crippen LogP contribution < -0.4 is 0 Å². The van der Waals surface area contributed by atoms with Crippen LogP contribution in [0.2, 0.25) is 0 Å². The number of fused-ring (bicyclic) bond motifs is 6. The minimum absolute atomic E-state index is 0.216. The van der Waals surface area contributed by atoms with Gasteiger partial charge in [0.05, 0.1) is 9.40 Å². The molecule has 21 heavy (non-hydrogen) atoms. The van der Waals surface area contributed by atoms with Gasteiger partial charge in [0.15, 0.2) is 0 Å². The fourth-order valence-corrected chi connectivity index (χ4v) is 4.79. The van der Waals surface area contributed by atoms with Crippen molar-refractivity contribution in [3.8, 4) is 0 Å². The van der Waals surface area contributed by atoms with E-state index in [0.717, 1.165) is 22.7 Å². The van der Waals surface area contributed by atoms with Crippen LogP contribution in [0, 0.1) is 0 Å². The lowest BCUT2D eigenvalue weighted by atomic mass is 10.0. The molecule has 0 saturated heterocycles. The van der Waals surface area contributed by atoms with Crippen LogP contribution in [0.1, 0.15) is 11.1 Å². The van der Waals surface area contributed by atoms with E-state index in [0.29, 0.717) is 9.40 Å². The third-order valence-electron chi connectivity index (χ3n) is 3.74. The van der Waals surface area contributed by atoms with Crippen molar-refractivity contribution in [2.45, 2.75) is 17.8 Å². The maximum atomic E-state index is 14.0. The van der Waals surface area contributed by atoms with E-state index >= 15 is 0 Å². The summed E-state index contributed by atoms with van der Waals surface area (Å²) in [5, 5.41) is 2.45. The average Bonchev–Trinajstić information content (AvgIpc) is 3.05. The molecular weight excluding hydrogens is 334 g/mol. The van der Waals surface area contributed by atoms with Crippen LogP contribution >= 0.6 is 22.7 Å². The molecule has 3 aromatic rings. The van der Waals surface area contributed by atoms with Gasteiger partial charge in [-0.25, -0.2) is 0 Å². The predicted molar refractivity (Wildman–Crippen MR) is 69.9 cm³/mol. The van der Waals surface area contributed by atoms with Gasteiger partial charge in [-0.2, -0.15) is 26.3 Å². The molecule has 0 amide bonds. The van der Waals surface area contributed by atoms with E-state index in [1.807, 2.05) is 0 Å². The fraction of sp³-hybridized carbons (Fsp3) is 0.231. The van der Waals surface area contributed by atoms with E-state index in [1.54, 1.807) is 0 Å². The van der Waals surface area contributed by atoms with E-state index in [-0.39, 0.29) is 10.8 Å². The average molecular weight is 338 g/mol. The predicted octanol–water partition coefficient (Wildman–Crippen LogP) is 5.95. The zero-order valence-corrected chi connectivity index (χ0v) is 11.5. The molecule has 110 valence electrons. The molecule has 0 nitrogen and oxygen atoms in total. The molecule has 1 aromatic carbocycles. The van der Waals surface area contributed by atoms with Gasteiger partial charge in [-0.3, -0.25) is 0 Å². The lowest BCUT2D eigenvalue weighted by Gasteiger charge is -2.23. The number of alkyl halides is 6. The number of thiophene rings is 2. The summed E-state index contributed by atoms with van der Waals surface area (Å²) in [7, 11) is 0. The summed E-state index contributed by atoms with van der Waals surface area (Å²) in [6.07, 6.45) is 0. The molecular formula is C13H4F6S2. The molecule has 0 bridgehead atoms. The van der Waals surface area contributed by atoms with Crippen molar-refractivity contribution < 1.29 is 26.3 Å². The van der Waals surface area contributed by atoms with Crippen molar-refractivity contribution in [1.29, 1.82) is 0 Å². The van der Waals surface area contributed by atoms with E-state index in [4.69, 9.17) is 0 Å². The molecule has 1 aliphatic carbocycles. The van der Waals surface area contributed by atoms with Gasteiger partial charge in [0, 0.05) is 21.9 Å². The molecule has 0 N–H and O–H groups in total. The molecule has 0 radical (unpaired) electrons. The third-order valence-corrected chi connectivity index (χ3v) is 5.74. The zero-order valence-electron chi connectivity index (χ0n) is 9.89. The molecule has 8 heteroatoms. The SMILES string of the molecule is FC1(F)c2c(c3ccsc3c3sccc23)C(F)(F)C1(F)F. The van der Waals surface area contributed by atoms with Gasteiger partial charge in [-0.1, -0.05) is 0 Å². The number of halogens is 6. The van der Waals surface area contributed by atoms with Crippen molar-refractivity contribution in [2.24, 2.45) is 0 Å².